The maximum absolute atomic E-state index is 12.8. The lowest BCUT2D eigenvalue weighted by atomic mass is 9.89. The summed E-state index contributed by atoms with van der Waals surface area (Å²) in [6.07, 6.45) is 1.47. The van der Waals surface area contributed by atoms with Crippen LogP contribution in [0.3, 0.4) is 0 Å². The molecule has 2 aromatic heterocycles. The van der Waals surface area contributed by atoms with Gasteiger partial charge in [0.2, 0.25) is 0 Å². The fourth-order valence-corrected chi connectivity index (χ4v) is 6.21. The van der Waals surface area contributed by atoms with Crippen molar-refractivity contribution in [1.29, 1.82) is 0 Å². The number of fused-ring (bicyclic) bond motifs is 1. The number of carboxylic acid groups (broad SMARTS) is 1. The molecule has 1 atom stereocenters. The number of hydrogen-bond acceptors (Lipinski definition) is 8. The Morgan fingerprint density at radius 3 is 2.67 bits per heavy atom. The summed E-state index contributed by atoms with van der Waals surface area (Å²) >= 11 is 1.57. The molecular formula is C30H36N4O4S. The summed E-state index contributed by atoms with van der Waals surface area (Å²) in [6.45, 7) is 9.91. The zero-order chi connectivity index (χ0) is 28.1. The predicted octanol–water partition coefficient (Wildman–Crippen LogP) is 5.69. The highest BCUT2D eigenvalue weighted by Gasteiger charge is 2.33. The summed E-state index contributed by atoms with van der Waals surface area (Å²) in [5.74, 6) is -0.219. The molecule has 9 heteroatoms. The molecule has 0 fully saturated rings. The van der Waals surface area contributed by atoms with Crippen LogP contribution in [0.15, 0.2) is 30.5 Å². The van der Waals surface area contributed by atoms with E-state index in [9.17, 15) is 9.90 Å². The summed E-state index contributed by atoms with van der Waals surface area (Å²) in [6, 6.07) is 8.00. The number of aliphatic carboxylic acids is 1. The van der Waals surface area contributed by atoms with Crippen LogP contribution in [0.5, 0.6) is 5.75 Å². The topological polar surface area (TPSA) is 88.0 Å². The van der Waals surface area contributed by atoms with Crippen LogP contribution in [0.25, 0.3) is 32.2 Å². The number of aryl methyl sites for hydroxylation is 1. The van der Waals surface area contributed by atoms with Crippen molar-refractivity contribution in [3.63, 3.8) is 0 Å². The zero-order valence-electron chi connectivity index (χ0n) is 23.7. The van der Waals surface area contributed by atoms with Crippen molar-refractivity contribution < 1.29 is 19.4 Å². The van der Waals surface area contributed by atoms with E-state index >= 15 is 0 Å². The van der Waals surface area contributed by atoms with Crippen LogP contribution in [0.2, 0.25) is 0 Å². The second kappa shape index (κ2) is 10.4. The number of carboxylic acids is 1. The average Bonchev–Trinajstić information content (AvgIpc) is 3.29. The van der Waals surface area contributed by atoms with Crippen molar-refractivity contribution >= 4 is 43.6 Å². The van der Waals surface area contributed by atoms with Crippen LogP contribution < -0.4 is 9.64 Å². The molecule has 3 heterocycles. The van der Waals surface area contributed by atoms with E-state index in [2.05, 4.69) is 23.9 Å². The Balaban J connectivity index is 1.82. The molecule has 1 aliphatic rings. The maximum atomic E-state index is 12.8. The number of benzene rings is 2. The van der Waals surface area contributed by atoms with Crippen molar-refractivity contribution in [3.8, 4) is 16.9 Å². The van der Waals surface area contributed by atoms with Gasteiger partial charge in [-0.1, -0.05) is 11.3 Å². The van der Waals surface area contributed by atoms with E-state index in [1.807, 2.05) is 65.2 Å². The van der Waals surface area contributed by atoms with E-state index < -0.39 is 17.7 Å². The van der Waals surface area contributed by atoms with Crippen LogP contribution in [-0.4, -0.2) is 72.4 Å². The molecule has 0 spiro atoms. The van der Waals surface area contributed by atoms with Gasteiger partial charge in [0.15, 0.2) is 11.2 Å². The lowest BCUT2D eigenvalue weighted by molar-refractivity contribution is -0.160. The molecule has 4 aromatic rings. The minimum Gasteiger partial charge on any atom is -0.493 e. The molecule has 0 radical (unpaired) electrons. The molecule has 0 saturated carbocycles. The van der Waals surface area contributed by atoms with E-state index in [-0.39, 0.29) is 0 Å². The van der Waals surface area contributed by atoms with E-state index in [0.717, 1.165) is 68.2 Å². The van der Waals surface area contributed by atoms with Crippen LogP contribution in [0.4, 0.5) is 5.13 Å². The van der Waals surface area contributed by atoms with Crippen LogP contribution >= 0.6 is 11.3 Å². The Morgan fingerprint density at radius 2 is 1.97 bits per heavy atom. The summed E-state index contributed by atoms with van der Waals surface area (Å²) in [5.41, 5.74) is 5.27. The van der Waals surface area contributed by atoms with Crippen LogP contribution in [0.1, 0.15) is 43.6 Å². The highest BCUT2D eigenvalue weighted by molar-refractivity contribution is 7.22. The first kappa shape index (κ1) is 27.3. The molecule has 0 aliphatic carbocycles. The SMILES string of the molecule is Cc1cc2nc(N(C)CCN(C)C)sc2c(-c2ccc3c4c(ccnc24)CCO3)c1[C@H](OC(C)(C)C)C(=O)O. The van der Waals surface area contributed by atoms with E-state index in [0.29, 0.717) is 12.2 Å². The summed E-state index contributed by atoms with van der Waals surface area (Å²) in [7, 11) is 6.14. The third-order valence-electron chi connectivity index (χ3n) is 6.92. The normalized spacial score (nSPS) is 14.2. The molecule has 8 nitrogen and oxygen atoms in total. The number of carbonyl (C=O) groups is 1. The summed E-state index contributed by atoms with van der Waals surface area (Å²) in [4.78, 5) is 26.8. The quantitative estimate of drug-likeness (QED) is 0.300. The molecule has 0 amide bonds. The maximum Gasteiger partial charge on any atom is 0.337 e. The third kappa shape index (κ3) is 5.31. The molecule has 0 saturated heterocycles. The van der Waals surface area contributed by atoms with Crippen molar-refractivity contribution in [2.75, 3.05) is 45.7 Å². The summed E-state index contributed by atoms with van der Waals surface area (Å²) in [5, 5.41) is 12.3. The molecule has 2 aromatic carbocycles. The van der Waals surface area contributed by atoms with E-state index in [1.165, 1.54) is 5.56 Å². The number of rotatable bonds is 8. The zero-order valence-corrected chi connectivity index (χ0v) is 24.5. The third-order valence-corrected chi connectivity index (χ3v) is 8.12. The Hall–Kier alpha value is -3.27. The predicted molar refractivity (Wildman–Crippen MR) is 157 cm³/mol. The lowest BCUT2D eigenvalue weighted by Gasteiger charge is -2.28. The van der Waals surface area contributed by atoms with Crippen molar-refractivity contribution in [2.45, 2.75) is 45.8 Å². The first-order valence-corrected chi connectivity index (χ1v) is 14.0. The van der Waals surface area contributed by atoms with Crippen LogP contribution in [-0.2, 0) is 16.0 Å². The fourth-order valence-electron chi connectivity index (χ4n) is 5.10. The molecular weight excluding hydrogens is 512 g/mol. The number of aromatic nitrogens is 2. The first-order valence-electron chi connectivity index (χ1n) is 13.2. The van der Waals surface area contributed by atoms with Crippen LogP contribution in [0, 0.1) is 6.92 Å². The van der Waals surface area contributed by atoms with Gasteiger partial charge >= 0.3 is 5.97 Å². The number of likely N-dealkylation sites (N-methyl/N-ethyl adjacent to an activating group) is 2. The molecule has 39 heavy (non-hydrogen) atoms. The highest BCUT2D eigenvalue weighted by atomic mass is 32.1. The van der Waals surface area contributed by atoms with Crippen molar-refractivity contribution in [1.82, 2.24) is 14.9 Å². The monoisotopic (exact) mass is 548 g/mol. The fraction of sp³-hybridized carbons (Fsp3) is 0.433. The smallest absolute Gasteiger partial charge is 0.337 e. The second-order valence-corrected chi connectivity index (χ2v) is 12.4. The summed E-state index contributed by atoms with van der Waals surface area (Å²) < 4.78 is 13.1. The molecule has 206 valence electrons. The molecule has 0 bridgehead atoms. The minimum atomic E-state index is -1.16. The first-order chi connectivity index (χ1) is 18.4. The van der Waals surface area contributed by atoms with Gasteiger partial charge in [0.25, 0.3) is 0 Å². The second-order valence-electron chi connectivity index (χ2n) is 11.4. The molecule has 1 N–H and O–H groups in total. The molecule has 0 unspecified atom stereocenters. The minimum absolute atomic E-state index is 0.628. The molecule has 1 aliphatic heterocycles. The Labute approximate surface area is 233 Å². The van der Waals surface area contributed by atoms with Gasteiger partial charge in [-0.3, -0.25) is 4.98 Å². The highest BCUT2D eigenvalue weighted by Crippen LogP contribution is 2.47. The van der Waals surface area contributed by atoms with Gasteiger partial charge in [-0.2, -0.15) is 0 Å². The molecule has 5 rings (SSSR count). The van der Waals surface area contributed by atoms with Crippen molar-refractivity contribution in [2.24, 2.45) is 0 Å². The number of nitrogens with zero attached hydrogens (tertiary/aromatic N) is 4. The number of thiazole rings is 1. The number of ether oxygens (including phenoxy) is 2. The van der Waals surface area contributed by atoms with Gasteiger partial charge in [-0.05, 0) is 77.2 Å². The van der Waals surface area contributed by atoms with Gasteiger partial charge in [0.05, 0.1) is 27.9 Å². The van der Waals surface area contributed by atoms with E-state index in [4.69, 9.17) is 19.4 Å². The number of pyridine rings is 1. The lowest BCUT2D eigenvalue weighted by Crippen LogP contribution is -2.28. The Morgan fingerprint density at radius 1 is 1.21 bits per heavy atom. The Bertz CT molecular complexity index is 1550. The standard InChI is InChI=1S/C30H36N4O4S/c1-17-16-20-27(39-29(32-20)34(7)14-13-33(5)6)24(22(17)26(28(35)36)38-30(2,3)4)19-8-9-21-23-18(11-15-37-21)10-12-31-25(19)23/h8-10,12,16,26H,11,13-15H2,1-7H3,(H,35,36)/t26-/m0/s1. The van der Waals surface area contributed by atoms with Gasteiger partial charge in [0, 0.05) is 54.8 Å². The van der Waals surface area contributed by atoms with Gasteiger partial charge in [0.1, 0.15) is 5.75 Å². The van der Waals surface area contributed by atoms with Gasteiger partial charge < -0.3 is 24.4 Å². The number of hydrogen-bond donors (Lipinski definition) is 1. The van der Waals surface area contributed by atoms with Gasteiger partial charge in [-0.15, -0.1) is 0 Å². The largest absolute Gasteiger partial charge is 0.493 e. The van der Waals surface area contributed by atoms with Crippen molar-refractivity contribution in [3.05, 3.63) is 47.2 Å². The van der Waals surface area contributed by atoms with Gasteiger partial charge in [-0.25, -0.2) is 9.78 Å². The number of anilines is 1. The van der Waals surface area contributed by atoms with E-state index in [1.54, 1.807) is 11.3 Å². The Kier molecular flexibility index (Phi) is 7.26. The average molecular weight is 549 g/mol.